The fraction of sp³-hybridized carbons (Fsp3) is 0.929. The minimum Gasteiger partial charge on any atom is -0.449 e. The van der Waals surface area contributed by atoms with Gasteiger partial charge in [0.15, 0.2) is 0 Å². The van der Waals surface area contributed by atoms with Crippen LogP contribution in [-0.4, -0.2) is 43.8 Å². The van der Waals surface area contributed by atoms with Gasteiger partial charge in [-0.1, -0.05) is 13.8 Å². The van der Waals surface area contributed by atoms with Gasteiger partial charge in [-0.2, -0.15) is 0 Å². The summed E-state index contributed by atoms with van der Waals surface area (Å²) in [6, 6.07) is 0. The number of hydrogen-bond acceptors (Lipinski definition) is 3. The molecule has 1 N–H and O–H groups in total. The number of rotatable bonds is 2. The van der Waals surface area contributed by atoms with E-state index < -0.39 is 0 Å². The molecule has 104 valence electrons. The molecule has 4 nitrogen and oxygen atoms in total. The van der Waals surface area contributed by atoms with Gasteiger partial charge in [0.1, 0.15) is 0 Å². The van der Waals surface area contributed by atoms with Gasteiger partial charge in [-0.3, -0.25) is 0 Å². The van der Waals surface area contributed by atoms with E-state index in [0.29, 0.717) is 17.9 Å². The van der Waals surface area contributed by atoms with Gasteiger partial charge in [0.25, 0.3) is 0 Å². The van der Waals surface area contributed by atoms with Crippen LogP contribution in [0.3, 0.4) is 0 Å². The first-order valence-electron chi connectivity index (χ1n) is 7.24. The topological polar surface area (TPSA) is 41.6 Å². The maximum absolute atomic E-state index is 11.9. The van der Waals surface area contributed by atoms with E-state index in [1.54, 1.807) is 0 Å². The molecule has 0 atom stereocenters. The maximum Gasteiger partial charge on any atom is 0.409 e. The minimum absolute atomic E-state index is 0.118. The Morgan fingerprint density at radius 1 is 1.22 bits per heavy atom. The predicted molar refractivity (Wildman–Crippen MR) is 71.5 cm³/mol. The van der Waals surface area contributed by atoms with Gasteiger partial charge in [-0.25, -0.2) is 4.79 Å². The molecule has 2 aliphatic heterocycles. The molecule has 0 radical (unpaired) electrons. The lowest BCUT2D eigenvalue weighted by molar-refractivity contribution is 0.0475. The average molecular weight is 254 g/mol. The van der Waals surface area contributed by atoms with Crippen LogP contribution in [0.25, 0.3) is 0 Å². The van der Waals surface area contributed by atoms with Gasteiger partial charge in [-0.15, -0.1) is 0 Å². The largest absolute Gasteiger partial charge is 0.449 e. The van der Waals surface area contributed by atoms with Crippen molar-refractivity contribution in [2.45, 2.75) is 39.5 Å². The Kier molecular flexibility index (Phi) is 4.49. The second kappa shape index (κ2) is 5.91. The lowest BCUT2D eigenvalue weighted by atomic mass is 9.72. The predicted octanol–water partition coefficient (Wildman–Crippen LogP) is 2.24. The van der Waals surface area contributed by atoms with Gasteiger partial charge in [0, 0.05) is 13.1 Å². The third-order valence-corrected chi connectivity index (χ3v) is 4.29. The van der Waals surface area contributed by atoms with E-state index in [4.69, 9.17) is 4.74 Å². The molecule has 2 aliphatic rings. The molecule has 1 spiro atoms. The van der Waals surface area contributed by atoms with Crippen molar-refractivity contribution in [1.82, 2.24) is 10.2 Å². The van der Waals surface area contributed by atoms with E-state index >= 15 is 0 Å². The lowest BCUT2D eigenvalue weighted by Gasteiger charge is -2.44. The Hall–Kier alpha value is -0.770. The van der Waals surface area contributed by atoms with E-state index in [-0.39, 0.29) is 6.09 Å². The Bertz CT molecular complexity index is 276. The summed E-state index contributed by atoms with van der Waals surface area (Å²) in [7, 11) is 0. The number of nitrogens with one attached hydrogen (secondary N) is 1. The van der Waals surface area contributed by atoms with Crippen molar-refractivity contribution in [3.8, 4) is 0 Å². The number of carbonyl (C=O) groups is 1. The second-order valence-corrected chi connectivity index (χ2v) is 6.21. The molecular weight excluding hydrogens is 228 g/mol. The summed E-state index contributed by atoms with van der Waals surface area (Å²) in [6.07, 6.45) is 4.70. The summed E-state index contributed by atoms with van der Waals surface area (Å²) in [5.41, 5.74) is 0.500. The van der Waals surface area contributed by atoms with Gasteiger partial charge in [-0.05, 0) is 50.1 Å². The van der Waals surface area contributed by atoms with Crippen LogP contribution in [-0.2, 0) is 4.74 Å². The summed E-state index contributed by atoms with van der Waals surface area (Å²) in [5, 5.41) is 3.42. The fourth-order valence-corrected chi connectivity index (χ4v) is 2.95. The number of likely N-dealkylation sites (tertiary alicyclic amines) is 1. The standard InChI is InChI=1S/C14H26N2O2/c1-12(2)11-18-13(17)16-9-5-14(6-10-16)3-7-15-8-4-14/h12,15H,3-11H2,1-2H3. The molecule has 0 aromatic rings. The number of hydrogen-bond donors (Lipinski definition) is 1. The number of carbonyl (C=O) groups excluding carboxylic acids is 1. The molecule has 0 bridgehead atoms. The first-order chi connectivity index (χ1) is 8.61. The van der Waals surface area contributed by atoms with Crippen molar-refractivity contribution < 1.29 is 9.53 Å². The summed E-state index contributed by atoms with van der Waals surface area (Å²) in [4.78, 5) is 13.7. The monoisotopic (exact) mass is 254 g/mol. The van der Waals surface area contributed by atoms with E-state index in [2.05, 4.69) is 19.2 Å². The zero-order chi connectivity index (χ0) is 13.0. The molecule has 4 heteroatoms. The van der Waals surface area contributed by atoms with Gasteiger partial charge < -0.3 is 15.0 Å². The highest BCUT2D eigenvalue weighted by Gasteiger charge is 2.36. The van der Waals surface area contributed by atoms with Crippen LogP contribution in [0.15, 0.2) is 0 Å². The summed E-state index contributed by atoms with van der Waals surface area (Å²) < 4.78 is 5.29. The van der Waals surface area contributed by atoms with Crippen molar-refractivity contribution in [2.24, 2.45) is 11.3 Å². The van der Waals surface area contributed by atoms with Crippen molar-refractivity contribution in [3.63, 3.8) is 0 Å². The molecule has 2 rings (SSSR count). The second-order valence-electron chi connectivity index (χ2n) is 6.21. The zero-order valence-electron chi connectivity index (χ0n) is 11.7. The molecule has 0 aromatic heterocycles. The molecule has 2 heterocycles. The summed E-state index contributed by atoms with van der Waals surface area (Å²) in [6.45, 7) is 8.68. The van der Waals surface area contributed by atoms with Gasteiger partial charge >= 0.3 is 6.09 Å². The summed E-state index contributed by atoms with van der Waals surface area (Å²) in [5.74, 6) is 0.412. The molecule has 0 aromatic carbocycles. The molecule has 2 fully saturated rings. The Balaban J connectivity index is 1.77. The molecule has 18 heavy (non-hydrogen) atoms. The molecule has 2 saturated heterocycles. The zero-order valence-corrected chi connectivity index (χ0v) is 11.7. The number of nitrogens with zero attached hydrogens (tertiary/aromatic N) is 1. The molecule has 0 aliphatic carbocycles. The molecular formula is C14H26N2O2. The SMILES string of the molecule is CC(C)COC(=O)N1CCC2(CCNCC2)CC1. The van der Waals surface area contributed by atoms with Crippen molar-refractivity contribution >= 4 is 6.09 Å². The van der Waals surface area contributed by atoms with Crippen LogP contribution in [0.1, 0.15) is 39.5 Å². The maximum atomic E-state index is 11.9. The number of amides is 1. The van der Waals surface area contributed by atoms with Crippen LogP contribution in [0.4, 0.5) is 4.79 Å². The van der Waals surface area contributed by atoms with E-state index in [1.165, 1.54) is 12.8 Å². The highest BCUT2D eigenvalue weighted by molar-refractivity contribution is 5.67. The number of piperidine rings is 2. The Morgan fingerprint density at radius 2 is 1.83 bits per heavy atom. The fourth-order valence-electron chi connectivity index (χ4n) is 2.95. The van der Waals surface area contributed by atoms with Crippen molar-refractivity contribution in [2.75, 3.05) is 32.8 Å². The minimum atomic E-state index is -0.118. The highest BCUT2D eigenvalue weighted by Crippen LogP contribution is 2.39. The quantitative estimate of drug-likeness (QED) is 0.821. The lowest BCUT2D eigenvalue weighted by Crippen LogP contribution is -2.47. The van der Waals surface area contributed by atoms with Crippen LogP contribution >= 0.6 is 0 Å². The molecule has 0 unspecified atom stereocenters. The van der Waals surface area contributed by atoms with E-state index in [1.807, 2.05) is 4.90 Å². The first-order valence-corrected chi connectivity index (χ1v) is 7.24. The van der Waals surface area contributed by atoms with Crippen LogP contribution in [0.5, 0.6) is 0 Å². The normalized spacial score (nSPS) is 23.4. The van der Waals surface area contributed by atoms with Crippen molar-refractivity contribution in [3.05, 3.63) is 0 Å². The first kappa shape index (κ1) is 13.7. The Morgan fingerprint density at radius 3 is 2.39 bits per heavy atom. The molecule has 0 saturated carbocycles. The van der Waals surface area contributed by atoms with E-state index in [0.717, 1.165) is 39.0 Å². The van der Waals surface area contributed by atoms with E-state index in [9.17, 15) is 4.79 Å². The molecule has 1 amide bonds. The van der Waals surface area contributed by atoms with Crippen LogP contribution in [0, 0.1) is 11.3 Å². The Labute approximate surface area is 110 Å². The van der Waals surface area contributed by atoms with Gasteiger partial charge in [0.2, 0.25) is 0 Å². The van der Waals surface area contributed by atoms with Crippen molar-refractivity contribution in [1.29, 1.82) is 0 Å². The number of ether oxygens (including phenoxy) is 1. The smallest absolute Gasteiger partial charge is 0.409 e. The summed E-state index contributed by atoms with van der Waals surface area (Å²) >= 11 is 0. The van der Waals surface area contributed by atoms with Crippen LogP contribution in [0.2, 0.25) is 0 Å². The third kappa shape index (κ3) is 3.37. The average Bonchev–Trinajstić information content (AvgIpc) is 2.38. The van der Waals surface area contributed by atoms with Gasteiger partial charge in [0.05, 0.1) is 6.61 Å². The highest BCUT2D eigenvalue weighted by atomic mass is 16.6. The third-order valence-electron chi connectivity index (χ3n) is 4.29. The van der Waals surface area contributed by atoms with Crippen LogP contribution < -0.4 is 5.32 Å².